The third-order valence-electron chi connectivity index (χ3n) is 3.81. The first kappa shape index (κ1) is 23.6. The highest BCUT2D eigenvalue weighted by Crippen LogP contribution is 2.06. The molecule has 164 valence electrons. The Labute approximate surface area is 178 Å². The molecule has 0 radical (unpaired) electrons. The van der Waals surface area contributed by atoms with E-state index in [0.29, 0.717) is 5.56 Å². The number of esters is 4. The van der Waals surface area contributed by atoms with Crippen LogP contribution in [0.25, 0.3) is 0 Å². The molecule has 0 aliphatic heterocycles. The molecule has 0 fully saturated rings. The number of methoxy groups -OCH3 is 1. The van der Waals surface area contributed by atoms with E-state index < -0.39 is 43.2 Å². The average Bonchev–Trinajstić information content (AvgIpc) is 2.81. The van der Waals surface area contributed by atoms with Gasteiger partial charge in [0.25, 0.3) is 6.10 Å². The van der Waals surface area contributed by atoms with Crippen LogP contribution in [0, 0.1) is 0 Å². The van der Waals surface area contributed by atoms with Crippen molar-refractivity contribution in [1.82, 2.24) is 0 Å². The highest BCUT2D eigenvalue weighted by atomic mass is 16.6. The van der Waals surface area contributed by atoms with Gasteiger partial charge in [0.15, 0.2) is 6.61 Å². The van der Waals surface area contributed by atoms with Crippen molar-refractivity contribution < 1.29 is 42.9 Å². The van der Waals surface area contributed by atoms with Crippen LogP contribution in [0.4, 0.5) is 0 Å². The molecule has 9 nitrogen and oxygen atoms in total. The molecule has 2 rings (SSSR count). The van der Waals surface area contributed by atoms with Crippen LogP contribution in [0.3, 0.4) is 0 Å². The number of ether oxygens (including phenoxy) is 5. The summed E-state index contributed by atoms with van der Waals surface area (Å²) in [5, 5.41) is 0. The molecule has 0 saturated heterocycles. The Morgan fingerprint density at radius 2 is 1.19 bits per heavy atom. The smallest absolute Gasteiger partial charge is 0.347 e. The average molecular weight is 430 g/mol. The van der Waals surface area contributed by atoms with Gasteiger partial charge in [-0.25, -0.2) is 19.2 Å². The first-order valence-electron chi connectivity index (χ1n) is 9.24. The normalized spacial score (nSPS) is 11.1. The maximum absolute atomic E-state index is 12.1. The third-order valence-corrected chi connectivity index (χ3v) is 3.81. The fourth-order valence-electron chi connectivity index (χ4n) is 2.26. The Kier molecular flexibility index (Phi) is 9.70. The van der Waals surface area contributed by atoms with Gasteiger partial charge >= 0.3 is 23.9 Å². The van der Waals surface area contributed by atoms with E-state index in [4.69, 9.17) is 18.9 Å². The molecule has 0 unspecified atom stereocenters. The highest BCUT2D eigenvalue weighted by molar-refractivity contribution is 5.98. The van der Waals surface area contributed by atoms with Crippen molar-refractivity contribution in [3.05, 3.63) is 71.8 Å². The van der Waals surface area contributed by atoms with Crippen molar-refractivity contribution >= 4 is 23.9 Å². The lowest BCUT2D eigenvalue weighted by Gasteiger charge is -2.14. The topological polar surface area (TPSA) is 114 Å². The van der Waals surface area contributed by atoms with Crippen LogP contribution in [0.5, 0.6) is 0 Å². The summed E-state index contributed by atoms with van der Waals surface area (Å²) in [6, 6.07) is 17.8. The van der Waals surface area contributed by atoms with Gasteiger partial charge in [0.1, 0.15) is 19.8 Å². The van der Waals surface area contributed by atoms with Crippen molar-refractivity contribution in [2.24, 2.45) is 0 Å². The number of carbonyl (C=O) groups is 4. The second-order valence-electron chi connectivity index (χ2n) is 6.11. The summed E-state index contributed by atoms with van der Waals surface area (Å²) in [4.78, 5) is 47.4. The quantitative estimate of drug-likeness (QED) is 0.298. The van der Waals surface area contributed by atoms with E-state index in [9.17, 15) is 19.2 Å². The van der Waals surface area contributed by atoms with Gasteiger partial charge in [-0.15, -0.1) is 0 Å². The zero-order valence-electron chi connectivity index (χ0n) is 16.9. The molecular weight excluding hydrogens is 408 g/mol. The minimum atomic E-state index is -1.77. The molecule has 31 heavy (non-hydrogen) atoms. The van der Waals surface area contributed by atoms with Crippen LogP contribution in [0.2, 0.25) is 0 Å². The van der Waals surface area contributed by atoms with E-state index in [0.717, 1.165) is 12.7 Å². The summed E-state index contributed by atoms with van der Waals surface area (Å²) in [5.41, 5.74) is 1.48. The summed E-state index contributed by atoms with van der Waals surface area (Å²) in [6.07, 6.45) is -1.77. The minimum absolute atomic E-state index is 0.0331. The zero-order valence-corrected chi connectivity index (χ0v) is 16.9. The molecule has 2 aromatic rings. The maximum atomic E-state index is 12.1. The number of benzene rings is 2. The standard InChI is InChI=1S/C22H22O9/c1-27-21(25)20(22(26)31-13-17-10-6-3-7-11-17)30-15-19(24)29-14-18(23)28-12-16-8-4-2-5-9-16/h2-11,20H,12-15H2,1H3/t20-/m1/s1. The van der Waals surface area contributed by atoms with Crippen molar-refractivity contribution in [1.29, 1.82) is 0 Å². The molecule has 1 atom stereocenters. The molecule has 0 spiro atoms. The van der Waals surface area contributed by atoms with Crippen molar-refractivity contribution in [2.45, 2.75) is 19.3 Å². The van der Waals surface area contributed by atoms with E-state index in [1.54, 1.807) is 54.6 Å². The van der Waals surface area contributed by atoms with Crippen LogP contribution in [-0.2, 0) is 56.1 Å². The number of hydrogen-bond acceptors (Lipinski definition) is 9. The van der Waals surface area contributed by atoms with Crippen LogP contribution < -0.4 is 0 Å². The monoisotopic (exact) mass is 430 g/mol. The van der Waals surface area contributed by atoms with Gasteiger partial charge in [-0.05, 0) is 11.1 Å². The Balaban J connectivity index is 1.74. The lowest BCUT2D eigenvalue weighted by atomic mass is 10.2. The minimum Gasteiger partial charge on any atom is -0.467 e. The summed E-state index contributed by atoms with van der Waals surface area (Å²) in [7, 11) is 1.06. The van der Waals surface area contributed by atoms with Gasteiger partial charge in [-0.3, -0.25) is 0 Å². The zero-order chi connectivity index (χ0) is 22.5. The Hall–Kier alpha value is -3.72. The van der Waals surface area contributed by atoms with Crippen molar-refractivity contribution in [2.75, 3.05) is 20.3 Å². The molecule has 2 aromatic carbocycles. The van der Waals surface area contributed by atoms with E-state index >= 15 is 0 Å². The summed E-state index contributed by atoms with van der Waals surface area (Å²) < 4.78 is 24.2. The van der Waals surface area contributed by atoms with Gasteiger partial charge in [-0.1, -0.05) is 60.7 Å². The number of hydrogen-bond donors (Lipinski definition) is 0. The predicted molar refractivity (Wildman–Crippen MR) is 105 cm³/mol. The lowest BCUT2D eigenvalue weighted by Crippen LogP contribution is -2.37. The first-order chi connectivity index (χ1) is 15.0. The predicted octanol–water partition coefficient (Wildman–Crippen LogP) is 1.57. The van der Waals surface area contributed by atoms with Gasteiger partial charge < -0.3 is 23.7 Å². The third kappa shape index (κ3) is 8.67. The molecular formula is C22H22O9. The molecule has 0 heterocycles. The van der Waals surface area contributed by atoms with Crippen molar-refractivity contribution in [3.8, 4) is 0 Å². The summed E-state index contributed by atoms with van der Waals surface area (Å²) in [6.45, 7) is -1.47. The van der Waals surface area contributed by atoms with E-state index in [1.165, 1.54) is 0 Å². The van der Waals surface area contributed by atoms with Crippen molar-refractivity contribution in [3.63, 3.8) is 0 Å². The maximum Gasteiger partial charge on any atom is 0.347 e. The molecule has 0 aliphatic rings. The second kappa shape index (κ2) is 12.8. The van der Waals surface area contributed by atoms with Gasteiger partial charge in [-0.2, -0.15) is 0 Å². The lowest BCUT2D eigenvalue weighted by molar-refractivity contribution is -0.177. The molecule has 0 aromatic heterocycles. The fraction of sp³-hybridized carbons (Fsp3) is 0.273. The second-order valence-corrected chi connectivity index (χ2v) is 6.11. The fourth-order valence-corrected chi connectivity index (χ4v) is 2.26. The van der Waals surface area contributed by atoms with Gasteiger partial charge in [0.05, 0.1) is 7.11 Å². The molecule has 0 aliphatic carbocycles. The van der Waals surface area contributed by atoms with Gasteiger partial charge in [0, 0.05) is 0 Å². The van der Waals surface area contributed by atoms with E-state index in [-0.39, 0.29) is 13.2 Å². The van der Waals surface area contributed by atoms with Crippen LogP contribution in [0.1, 0.15) is 11.1 Å². The summed E-state index contributed by atoms with van der Waals surface area (Å²) in [5.74, 6) is -3.79. The number of carbonyl (C=O) groups excluding carboxylic acids is 4. The largest absolute Gasteiger partial charge is 0.467 e. The molecule has 0 saturated carbocycles. The molecule has 0 bridgehead atoms. The molecule has 9 heteroatoms. The van der Waals surface area contributed by atoms with Crippen LogP contribution in [0.15, 0.2) is 60.7 Å². The Morgan fingerprint density at radius 3 is 1.74 bits per heavy atom. The molecule has 0 amide bonds. The van der Waals surface area contributed by atoms with E-state index in [1.807, 2.05) is 6.07 Å². The van der Waals surface area contributed by atoms with Crippen LogP contribution >= 0.6 is 0 Å². The number of rotatable bonds is 11. The van der Waals surface area contributed by atoms with Gasteiger partial charge in [0.2, 0.25) is 0 Å². The van der Waals surface area contributed by atoms with Crippen LogP contribution in [-0.4, -0.2) is 50.3 Å². The Morgan fingerprint density at radius 1 is 0.677 bits per heavy atom. The highest BCUT2D eigenvalue weighted by Gasteiger charge is 2.31. The molecule has 0 N–H and O–H groups in total. The summed E-state index contributed by atoms with van der Waals surface area (Å²) >= 11 is 0. The van der Waals surface area contributed by atoms with E-state index in [2.05, 4.69) is 4.74 Å². The Bertz CT molecular complexity index is 865. The SMILES string of the molecule is COC(=O)[C@@H](OCC(=O)OCC(=O)OCc1ccccc1)C(=O)OCc1ccccc1. The first-order valence-corrected chi connectivity index (χ1v) is 9.24.